The van der Waals surface area contributed by atoms with Crippen LogP contribution in [-0.4, -0.2) is 40.5 Å². The van der Waals surface area contributed by atoms with Gasteiger partial charge in [0.25, 0.3) is 5.91 Å². The predicted molar refractivity (Wildman–Crippen MR) is 111 cm³/mol. The highest BCUT2D eigenvalue weighted by atomic mass is 16.5. The summed E-state index contributed by atoms with van der Waals surface area (Å²) in [4.78, 5) is 30.0. The van der Waals surface area contributed by atoms with E-state index in [0.717, 1.165) is 22.9 Å². The number of carboxylic acids is 1. The molecule has 1 unspecified atom stereocenters. The Balaban J connectivity index is 1.82. The minimum absolute atomic E-state index is 0.0106. The van der Waals surface area contributed by atoms with Crippen molar-refractivity contribution in [2.24, 2.45) is 0 Å². The molecule has 1 aliphatic heterocycles. The minimum atomic E-state index is -1.07. The van der Waals surface area contributed by atoms with Gasteiger partial charge in [0, 0.05) is 35.1 Å². The number of aromatic amines is 1. The first-order chi connectivity index (χ1) is 14.0. The van der Waals surface area contributed by atoms with Crippen molar-refractivity contribution in [1.29, 1.82) is 0 Å². The van der Waals surface area contributed by atoms with Crippen LogP contribution in [0.15, 0.2) is 54.7 Å². The molecule has 29 heavy (non-hydrogen) atoms. The van der Waals surface area contributed by atoms with Gasteiger partial charge in [-0.15, -0.1) is 0 Å². The number of ether oxygens (including phenoxy) is 1. The Morgan fingerprint density at radius 3 is 2.55 bits per heavy atom. The highest BCUT2D eigenvalue weighted by Crippen LogP contribution is 2.38. The molecule has 0 radical (unpaired) electrons. The molecule has 1 aromatic heterocycles. The number of benzene rings is 2. The molecule has 0 bridgehead atoms. The maximum absolute atomic E-state index is 13.2. The van der Waals surface area contributed by atoms with Crippen LogP contribution in [0.25, 0.3) is 16.5 Å². The first kappa shape index (κ1) is 18.8. The monoisotopic (exact) mass is 390 g/mol. The number of carboxylic acid groups (broad SMARTS) is 1. The lowest BCUT2D eigenvalue weighted by Crippen LogP contribution is -2.29. The number of carbonyl (C=O) groups excluding carboxylic acids is 1. The summed E-state index contributed by atoms with van der Waals surface area (Å²) in [5.41, 5.74) is 3.02. The van der Waals surface area contributed by atoms with Crippen molar-refractivity contribution >= 4 is 28.4 Å². The normalized spacial score (nSPS) is 16.1. The zero-order valence-electron chi connectivity index (χ0n) is 16.3. The number of nitrogens with zero attached hydrogens (tertiary/aromatic N) is 1. The van der Waals surface area contributed by atoms with Crippen molar-refractivity contribution in [2.75, 3.05) is 13.7 Å². The Morgan fingerprint density at radius 1 is 1.17 bits per heavy atom. The molecule has 2 heterocycles. The number of nitrogens with one attached hydrogen (secondary N) is 1. The second-order valence-corrected chi connectivity index (χ2v) is 7.10. The average Bonchev–Trinajstić information content (AvgIpc) is 3.03. The number of fused-ring (bicyclic) bond motifs is 3. The van der Waals surface area contributed by atoms with Crippen LogP contribution >= 0.6 is 0 Å². The van der Waals surface area contributed by atoms with Crippen LogP contribution in [0, 0.1) is 0 Å². The largest absolute Gasteiger partial charge is 0.497 e. The van der Waals surface area contributed by atoms with E-state index in [1.165, 1.54) is 11.1 Å². The fraction of sp³-hybridized carbons (Fsp3) is 0.217. The SMILES string of the molecule is CCC1CN(C(=O)c2ccc(OC)cc2)C=C(C(=O)O)c2[nH]c3ccccc3c21. The van der Waals surface area contributed by atoms with Gasteiger partial charge in [-0.3, -0.25) is 4.79 Å². The number of hydrogen-bond acceptors (Lipinski definition) is 3. The molecule has 2 N–H and O–H groups in total. The Labute approximate surface area is 168 Å². The van der Waals surface area contributed by atoms with Gasteiger partial charge in [0.2, 0.25) is 0 Å². The first-order valence-electron chi connectivity index (χ1n) is 9.54. The number of aliphatic carboxylic acids is 1. The molecule has 148 valence electrons. The molecular formula is C23H22N2O4. The number of carbonyl (C=O) groups is 2. The highest BCUT2D eigenvalue weighted by Gasteiger charge is 2.31. The van der Waals surface area contributed by atoms with Crippen LogP contribution in [-0.2, 0) is 4.79 Å². The summed E-state index contributed by atoms with van der Waals surface area (Å²) >= 11 is 0. The Bertz CT molecular complexity index is 1110. The van der Waals surface area contributed by atoms with Gasteiger partial charge in [-0.25, -0.2) is 4.79 Å². The van der Waals surface area contributed by atoms with Gasteiger partial charge in [-0.2, -0.15) is 0 Å². The second kappa shape index (κ2) is 7.47. The van der Waals surface area contributed by atoms with Gasteiger partial charge in [0.1, 0.15) is 5.75 Å². The number of para-hydroxylation sites is 1. The van der Waals surface area contributed by atoms with Crippen molar-refractivity contribution in [3.63, 3.8) is 0 Å². The summed E-state index contributed by atoms with van der Waals surface area (Å²) in [5.74, 6) is -0.634. The standard InChI is InChI=1S/C23H22N2O4/c1-3-14-12-25(22(26)15-8-10-16(29-2)11-9-15)13-18(23(27)28)21-20(14)17-6-4-5-7-19(17)24-21/h4-11,13-14,24H,3,12H2,1-2H3,(H,27,28). The summed E-state index contributed by atoms with van der Waals surface area (Å²) in [6.07, 6.45) is 2.24. The van der Waals surface area contributed by atoms with E-state index >= 15 is 0 Å². The number of hydrogen-bond donors (Lipinski definition) is 2. The van der Waals surface area contributed by atoms with Gasteiger partial charge in [0.05, 0.1) is 18.4 Å². The molecule has 0 spiro atoms. The van der Waals surface area contributed by atoms with E-state index in [-0.39, 0.29) is 17.4 Å². The molecule has 1 amide bonds. The molecule has 0 saturated carbocycles. The molecule has 0 aliphatic carbocycles. The van der Waals surface area contributed by atoms with Crippen LogP contribution in [0.1, 0.15) is 40.9 Å². The van der Waals surface area contributed by atoms with Gasteiger partial charge in [0.15, 0.2) is 0 Å². The van der Waals surface area contributed by atoms with Crippen molar-refractivity contribution in [2.45, 2.75) is 19.3 Å². The van der Waals surface area contributed by atoms with Gasteiger partial charge in [-0.05, 0) is 42.3 Å². The summed E-state index contributed by atoms with van der Waals surface area (Å²) < 4.78 is 5.15. The molecule has 0 fully saturated rings. The molecule has 4 rings (SSSR count). The summed E-state index contributed by atoms with van der Waals surface area (Å²) in [6, 6.07) is 14.6. The molecule has 6 heteroatoms. The molecular weight excluding hydrogens is 368 g/mol. The summed E-state index contributed by atoms with van der Waals surface area (Å²) in [5, 5.41) is 10.9. The number of amides is 1. The van der Waals surface area contributed by atoms with Gasteiger partial charge in [-0.1, -0.05) is 25.1 Å². The maximum atomic E-state index is 13.2. The molecule has 1 atom stereocenters. The zero-order chi connectivity index (χ0) is 20.5. The summed E-state index contributed by atoms with van der Waals surface area (Å²) in [6.45, 7) is 2.46. The lowest BCUT2D eigenvalue weighted by Gasteiger charge is -2.23. The van der Waals surface area contributed by atoms with E-state index in [1.807, 2.05) is 24.3 Å². The molecule has 2 aromatic carbocycles. The smallest absolute Gasteiger partial charge is 0.339 e. The Morgan fingerprint density at radius 2 is 1.90 bits per heavy atom. The average molecular weight is 390 g/mol. The highest BCUT2D eigenvalue weighted by molar-refractivity contribution is 6.17. The molecule has 6 nitrogen and oxygen atoms in total. The third kappa shape index (κ3) is 3.27. The number of methoxy groups -OCH3 is 1. The second-order valence-electron chi connectivity index (χ2n) is 7.10. The van der Waals surface area contributed by atoms with Crippen LogP contribution in [0.2, 0.25) is 0 Å². The third-order valence-corrected chi connectivity index (χ3v) is 5.45. The predicted octanol–water partition coefficient (Wildman–Crippen LogP) is 4.25. The van der Waals surface area contributed by atoms with Gasteiger partial charge >= 0.3 is 5.97 Å². The van der Waals surface area contributed by atoms with E-state index in [9.17, 15) is 14.7 Å². The Kier molecular flexibility index (Phi) is 4.84. The van der Waals surface area contributed by atoms with Crippen LogP contribution in [0.4, 0.5) is 0 Å². The van der Waals surface area contributed by atoms with Crippen molar-refractivity contribution < 1.29 is 19.4 Å². The van der Waals surface area contributed by atoms with Crippen molar-refractivity contribution in [3.05, 3.63) is 71.6 Å². The minimum Gasteiger partial charge on any atom is -0.497 e. The lowest BCUT2D eigenvalue weighted by atomic mass is 9.92. The Hall–Kier alpha value is -3.54. The molecule has 3 aromatic rings. The number of rotatable bonds is 4. The number of H-pyrrole nitrogens is 1. The van der Waals surface area contributed by atoms with Crippen LogP contribution < -0.4 is 4.74 Å². The quantitative estimate of drug-likeness (QED) is 0.698. The molecule has 1 aliphatic rings. The fourth-order valence-corrected chi connectivity index (χ4v) is 3.94. The van der Waals surface area contributed by atoms with E-state index < -0.39 is 5.97 Å². The summed E-state index contributed by atoms with van der Waals surface area (Å²) in [7, 11) is 1.57. The topological polar surface area (TPSA) is 82.6 Å². The number of aromatic nitrogens is 1. The molecule has 0 saturated heterocycles. The van der Waals surface area contributed by atoms with E-state index in [2.05, 4.69) is 11.9 Å². The van der Waals surface area contributed by atoms with E-state index in [4.69, 9.17) is 4.74 Å². The van der Waals surface area contributed by atoms with Crippen LogP contribution in [0.3, 0.4) is 0 Å². The maximum Gasteiger partial charge on any atom is 0.339 e. The van der Waals surface area contributed by atoms with Crippen molar-refractivity contribution in [1.82, 2.24) is 9.88 Å². The fourth-order valence-electron chi connectivity index (χ4n) is 3.94. The third-order valence-electron chi connectivity index (χ3n) is 5.45. The van der Waals surface area contributed by atoms with Crippen LogP contribution in [0.5, 0.6) is 5.75 Å². The van der Waals surface area contributed by atoms with E-state index in [1.54, 1.807) is 31.4 Å². The van der Waals surface area contributed by atoms with Crippen molar-refractivity contribution in [3.8, 4) is 5.75 Å². The first-order valence-corrected chi connectivity index (χ1v) is 9.54. The van der Waals surface area contributed by atoms with Gasteiger partial charge < -0.3 is 19.7 Å². The lowest BCUT2D eigenvalue weighted by molar-refractivity contribution is -0.130. The van der Waals surface area contributed by atoms with E-state index in [0.29, 0.717) is 23.6 Å². The zero-order valence-corrected chi connectivity index (χ0v) is 16.3.